The van der Waals surface area contributed by atoms with Crippen LogP contribution in [0.25, 0.3) is 0 Å². The number of carbonyl (C=O) groups excluding carboxylic acids is 2. The summed E-state index contributed by atoms with van der Waals surface area (Å²) < 4.78 is 0. The van der Waals surface area contributed by atoms with Crippen LogP contribution in [0.2, 0.25) is 5.02 Å². The zero-order valence-electron chi connectivity index (χ0n) is 16.3. The van der Waals surface area contributed by atoms with Crippen LogP contribution in [-0.4, -0.2) is 36.3 Å². The second kappa shape index (κ2) is 9.11. The topological polar surface area (TPSA) is 61.4 Å². The lowest BCUT2D eigenvalue weighted by Gasteiger charge is -2.30. The molecule has 2 amide bonds. The minimum atomic E-state index is -0.187. The van der Waals surface area contributed by atoms with E-state index in [-0.39, 0.29) is 18.4 Å². The normalized spacial score (nSPS) is 14.6. The number of likely N-dealkylation sites (tertiary alicyclic amines) is 1. The molecule has 6 heteroatoms. The van der Waals surface area contributed by atoms with E-state index >= 15 is 0 Å². The third-order valence-corrected chi connectivity index (χ3v) is 5.50. The van der Waals surface area contributed by atoms with Crippen molar-refractivity contribution in [1.29, 1.82) is 0 Å². The van der Waals surface area contributed by atoms with E-state index in [4.69, 9.17) is 11.6 Å². The summed E-state index contributed by atoms with van der Waals surface area (Å²) in [4.78, 5) is 26.8. The van der Waals surface area contributed by atoms with Gasteiger partial charge in [0.2, 0.25) is 5.91 Å². The third kappa shape index (κ3) is 5.26. The Morgan fingerprint density at radius 3 is 2.57 bits per heavy atom. The zero-order valence-corrected chi connectivity index (χ0v) is 17.1. The number of hydrogen-bond acceptors (Lipinski definition) is 3. The molecular formula is C22H26ClN3O2. The summed E-state index contributed by atoms with van der Waals surface area (Å²) in [6.45, 7) is 5.84. The van der Waals surface area contributed by atoms with Gasteiger partial charge in [0.1, 0.15) is 0 Å². The van der Waals surface area contributed by atoms with Crippen molar-refractivity contribution in [3.8, 4) is 0 Å². The fourth-order valence-electron chi connectivity index (χ4n) is 3.21. The summed E-state index contributed by atoms with van der Waals surface area (Å²) in [5.41, 5.74) is 2.99. The van der Waals surface area contributed by atoms with Crippen LogP contribution in [-0.2, 0) is 4.79 Å². The molecule has 0 radical (unpaired) electrons. The highest BCUT2D eigenvalue weighted by Crippen LogP contribution is 2.21. The molecule has 0 unspecified atom stereocenters. The predicted molar refractivity (Wildman–Crippen MR) is 114 cm³/mol. The number of aryl methyl sites for hydroxylation is 1. The number of rotatable bonds is 5. The highest BCUT2D eigenvalue weighted by molar-refractivity contribution is 6.31. The summed E-state index contributed by atoms with van der Waals surface area (Å²) in [6.07, 6.45) is 2.08. The number of anilines is 2. The lowest BCUT2D eigenvalue weighted by Crippen LogP contribution is -2.37. The molecule has 2 N–H and O–H groups in total. The monoisotopic (exact) mass is 399 g/mol. The summed E-state index contributed by atoms with van der Waals surface area (Å²) >= 11 is 6.10. The second-order valence-electron chi connectivity index (χ2n) is 7.42. The molecule has 3 rings (SSSR count). The number of halogens is 1. The van der Waals surface area contributed by atoms with Gasteiger partial charge in [-0.1, -0.05) is 30.7 Å². The van der Waals surface area contributed by atoms with Gasteiger partial charge in [-0.15, -0.1) is 0 Å². The summed E-state index contributed by atoms with van der Waals surface area (Å²) in [5.74, 6) is 0.508. The maximum Gasteiger partial charge on any atom is 0.253 e. The van der Waals surface area contributed by atoms with Gasteiger partial charge in [0.15, 0.2) is 0 Å². The molecule has 1 heterocycles. The molecule has 0 saturated carbocycles. The Labute approximate surface area is 171 Å². The van der Waals surface area contributed by atoms with Crippen LogP contribution in [0.5, 0.6) is 0 Å². The number of hydrogen-bond donors (Lipinski definition) is 2. The average molecular weight is 400 g/mol. The van der Waals surface area contributed by atoms with Crippen molar-refractivity contribution in [3.63, 3.8) is 0 Å². The first-order chi connectivity index (χ1) is 13.4. The van der Waals surface area contributed by atoms with Crippen molar-refractivity contribution in [2.24, 2.45) is 5.92 Å². The first kappa shape index (κ1) is 20.2. The first-order valence-electron chi connectivity index (χ1n) is 9.61. The molecule has 0 bridgehead atoms. The van der Waals surface area contributed by atoms with Crippen LogP contribution >= 0.6 is 11.6 Å². The van der Waals surface area contributed by atoms with Gasteiger partial charge >= 0.3 is 0 Å². The Hall–Kier alpha value is -2.53. The summed E-state index contributed by atoms with van der Waals surface area (Å²) in [6, 6.07) is 12.7. The van der Waals surface area contributed by atoms with E-state index < -0.39 is 0 Å². The molecule has 0 atom stereocenters. The van der Waals surface area contributed by atoms with E-state index in [9.17, 15) is 9.59 Å². The zero-order chi connectivity index (χ0) is 20.1. The van der Waals surface area contributed by atoms with Gasteiger partial charge in [0, 0.05) is 35.1 Å². The fourth-order valence-corrected chi connectivity index (χ4v) is 3.40. The van der Waals surface area contributed by atoms with Gasteiger partial charge in [0.05, 0.1) is 6.54 Å². The lowest BCUT2D eigenvalue weighted by molar-refractivity contribution is -0.114. The largest absolute Gasteiger partial charge is 0.376 e. The number of amides is 2. The molecule has 2 aromatic carbocycles. The Kier molecular flexibility index (Phi) is 6.57. The Balaban J connectivity index is 1.56. The van der Waals surface area contributed by atoms with E-state index in [1.54, 1.807) is 30.3 Å². The number of benzene rings is 2. The maximum absolute atomic E-state index is 12.7. The van der Waals surface area contributed by atoms with E-state index in [0.717, 1.165) is 37.2 Å². The minimum Gasteiger partial charge on any atom is -0.376 e. The third-order valence-electron chi connectivity index (χ3n) is 5.09. The van der Waals surface area contributed by atoms with Crippen LogP contribution < -0.4 is 10.6 Å². The van der Waals surface area contributed by atoms with Gasteiger partial charge in [-0.05, 0) is 61.6 Å². The number of carbonyl (C=O) groups is 2. The van der Waals surface area contributed by atoms with Gasteiger partial charge in [-0.25, -0.2) is 0 Å². The Bertz CT molecular complexity index is 861. The van der Waals surface area contributed by atoms with Gasteiger partial charge in [-0.2, -0.15) is 0 Å². The van der Waals surface area contributed by atoms with Gasteiger partial charge < -0.3 is 15.5 Å². The standard InChI is InChI=1S/C22H26ClN3O2/c1-15-8-10-26(11-9-15)22(28)17-4-3-5-19(12-17)25-21(27)14-24-18-7-6-16(2)20(23)13-18/h3-7,12-13,15,24H,8-11,14H2,1-2H3,(H,25,27). The van der Waals surface area contributed by atoms with Crippen LogP contribution in [0.3, 0.4) is 0 Å². The molecule has 1 saturated heterocycles. The smallest absolute Gasteiger partial charge is 0.253 e. The quantitative estimate of drug-likeness (QED) is 0.774. The van der Waals surface area contributed by atoms with Gasteiger partial charge in [-0.3, -0.25) is 9.59 Å². The minimum absolute atomic E-state index is 0.0235. The molecular weight excluding hydrogens is 374 g/mol. The van der Waals surface area contributed by atoms with E-state index in [1.807, 2.05) is 24.0 Å². The highest BCUT2D eigenvalue weighted by Gasteiger charge is 2.21. The molecule has 28 heavy (non-hydrogen) atoms. The number of nitrogens with zero attached hydrogens (tertiary/aromatic N) is 1. The van der Waals surface area contributed by atoms with E-state index in [0.29, 0.717) is 22.2 Å². The molecule has 1 aliphatic rings. The van der Waals surface area contributed by atoms with E-state index in [1.165, 1.54) is 0 Å². The number of nitrogens with one attached hydrogen (secondary N) is 2. The van der Waals surface area contributed by atoms with Crippen LogP contribution in [0.15, 0.2) is 42.5 Å². The van der Waals surface area contributed by atoms with Crippen molar-refractivity contribution in [1.82, 2.24) is 4.90 Å². The SMILES string of the molecule is Cc1ccc(NCC(=O)Nc2cccc(C(=O)N3CCC(C)CC3)c2)cc1Cl. The van der Waals surface area contributed by atoms with Crippen molar-refractivity contribution in [2.45, 2.75) is 26.7 Å². The summed E-state index contributed by atoms with van der Waals surface area (Å²) in [7, 11) is 0. The maximum atomic E-state index is 12.7. The van der Waals surface area contributed by atoms with Crippen molar-refractivity contribution < 1.29 is 9.59 Å². The fraction of sp³-hybridized carbons (Fsp3) is 0.364. The van der Waals surface area contributed by atoms with E-state index in [2.05, 4.69) is 17.6 Å². The van der Waals surface area contributed by atoms with Crippen LogP contribution in [0.4, 0.5) is 11.4 Å². The molecule has 1 fully saturated rings. The molecule has 1 aliphatic heterocycles. The Morgan fingerprint density at radius 1 is 1.11 bits per heavy atom. The molecule has 2 aromatic rings. The Morgan fingerprint density at radius 2 is 1.86 bits per heavy atom. The first-order valence-corrected chi connectivity index (χ1v) is 9.99. The molecule has 0 spiro atoms. The van der Waals surface area contributed by atoms with Crippen molar-refractivity contribution >= 4 is 34.8 Å². The molecule has 0 aromatic heterocycles. The predicted octanol–water partition coefficient (Wildman–Crippen LogP) is 4.57. The van der Waals surface area contributed by atoms with Gasteiger partial charge in [0.25, 0.3) is 5.91 Å². The lowest BCUT2D eigenvalue weighted by atomic mass is 9.98. The summed E-state index contributed by atoms with van der Waals surface area (Å²) in [5, 5.41) is 6.55. The molecule has 5 nitrogen and oxygen atoms in total. The molecule has 148 valence electrons. The average Bonchev–Trinajstić information content (AvgIpc) is 2.69. The highest BCUT2D eigenvalue weighted by atomic mass is 35.5. The number of piperidine rings is 1. The molecule has 0 aliphatic carbocycles. The van der Waals surface area contributed by atoms with Crippen molar-refractivity contribution in [3.05, 3.63) is 58.6 Å². The van der Waals surface area contributed by atoms with Crippen LogP contribution in [0.1, 0.15) is 35.7 Å². The second-order valence-corrected chi connectivity index (χ2v) is 7.83. The van der Waals surface area contributed by atoms with Crippen molar-refractivity contribution in [2.75, 3.05) is 30.3 Å². The van der Waals surface area contributed by atoms with Crippen LogP contribution in [0, 0.1) is 12.8 Å².